The molecule has 0 radical (unpaired) electrons. The number of carbonyl (C=O) groups excluding carboxylic acids is 1. The highest BCUT2D eigenvalue weighted by molar-refractivity contribution is 7.89. The van der Waals surface area contributed by atoms with Crippen LogP contribution in [-0.2, 0) is 14.8 Å². The summed E-state index contributed by atoms with van der Waals surface area (Å²) < 4.78 is 27.0. The Kier molecular flexibility index (Phi) is 6.17. The predicted octanol–water partition coefficient (Wildman–Crippen LogP) is 1.28. The Hall–Kier alpha value is -1.60. The van der Waals surface area contributed by atoms with Crippen LogP contribution < -0.4 is 15.8 Å². The van der Waals surface area contributed by atoms with Gasteiger partial charge in [0.1, 0.15) is 0 Å². The molecule has 0 aliphatic carbocycles. The minimum Gasteiger partial charge on any atom is -0.385 e. The molecule has 21 heavy (non-hydrogen) atoms. The molecular weight excluding hydrogens is 290 g/mol. The van der Waals surface area contributed by atoms with Gasteiger partial charge in [0.2, 0.25) is 15.9 Å². The summed E-state index contributed by atoms with van der Waals surface area (Å²) in [5.74, 6) is -0.537. The van der Waals surface area contributed by atoms with Crippen molar-refractivity contribution >= 4 is 21.6 Å². The third-order valence-corrected chi connectivity index (χ3v) is 4.74. The molecule has 6 nitrogen and oxygen atoms in total. The fraction of sp³-hybridized carbons (Fsp3) is 0.500. The van der Waals surface area contributed by atoms with Crippen molar-refractivity contribution in [2.45, 2.75) is 38.5 Å². The maximum Gasteiger partial charge on any atom is 0.241 e. The highest BCUT2D eigenvalue weighted by Crippen LogP contribution is 2.24. The number of rotatable bonds is 8. The summed E-state index contributed by atoms with van der Waals surface area (Å²) in [6.45, 7) is 6.42. The molecule has 0 fully saturated rings. The van der Waals surface area contributed by atoms with Crippen LogP contribution in [0.4, 0.5) is 5.69 Å². The van der Waals surface area contributed by atoms with Crippen molar-refractivity contribution in [2.75, 3.05) is 18.4 Å². The number of sulfonamides is 1. The summed E-state index contributed by atoms with van der Waals surface area (Å²) in [4.78, 5) is 10.9. The number of primary amides is 1. The Bertz CT molecular complexity index is 589. The van der Waals surface area contributed by atoms with Crippen molar-refractivity contribution in [2.24, 2.45) is 5.73 Å². The summed E-state index contributed by atoms with van der Waals surface area (Å²) in [6, 6.07) is 3.62. The van der Waals surface area contributed by atoms with E-state index in [1.54, 1.807) is 13.8 Å². The molecule has 0 heterocycles. The predicted molar refractivity (Wildman–Crippen MR) is 83.7 cm³/mol. The largest absolute Gasteiger partial charge is 0.385 e. The topological polar surface area (TPSA) is 101 Å². The van der Waals surface area contributed by atoms with Gasteiger partial charge in [-0.3, -0.25) is 4.79 Å². The Morgan fingerprint density at radius 2 is 1.76 bits per heavy atom. The standard InChI is InChI=1S/C14H23N3O3S/c1-4-6-16-12-8-10(2)14(11(3)9-12)21(19,20)17-7-5-13(15)18/h8-9,16-17H,4-7H2,1-3H3,(H2,15,18). The van der Waals surface area contributed by atoms with E-state index in [9.17, 15) is 13.2 Å². The van der Waals surface area contributed by atoms with Crippen molar-refractivity contribution in [3.05, 3.63) is 23.3 Å². The first-order valence-corrected chi connectivity index (χ1v) is 8.39. The minimum atomic E-state index is -3.64. The van der Waals surface area contributed by atoms with E-state index < -0.39 is 15.9 Å². The number of carbonyl (C=O) groups is 1. The van der Waals surface area contributed by atoms with E-state index in [2.05, 4.69) is 17.0 Å². The Morgan fingerprint density at radius 3 is 2.24 bits per heavy atom. The van der Waals surface area contributed by atoms with E-state index in [1.165, 1.54) is 0 Å². The molecule has 1 aromatic rings. The smallest absolute Gasteiger partial charge is 0.241 e. The molecular formula is C14H23N3O3S. The van der Waals surface area contributed by atoms with E-state index >= 15 is 0 Å². The van der Waals surface area contributed by atoms with Crippen molar-refractivity contribution in [1.29, 1.82) is 0 Å². The first-order chi connectivity index (χ1) is 9.77. The molecule has 118 valence electrons. The molecule has 1 amide bonds. The average molecular weight is 313 g/mol. The van der Waals surface area contributed by atoms with E-state index in [0.717, 1.165) is 18.7 Å². The zero-order valence-corrected chi connectivity index (χ0v) is 13.5. The molecule has 0 aromatic heterocycles. The second kappa shape index (κ2) is 7.42. The van der Waals surface area contributed by atoms with Gasteiger partial charge in [-0.2, -0.15) is 0 Å². The number of nitrogens with two attached hydrogens (primary N) is 1. The second-order valence-electron chi connectivity index (χ2n) is 4.98. The highest BCUT2D eigenvalue weighted by atomic mass is 32.2. The molecule has 0 aliphatic heterocycles. The molecule has 0 aliphatic rings. The summed E-state index contributed by atoms with van der Waals surface area (Å²) in [5.41, 5.74) is 7.24. The number of hydrogen-bond acceptors (Lipinski definition) is 4. The molecule has 1 rings (SSSR count). The van der Waals surface area contributed by atoms with Crippen molar-refractivity contribution < 1.29 is 13.2 Å². The number of aryl methyl sites for hydroxylation is 2. The quantitative estimate of drug-likeness (QED) is 0.673. The van der Waals surface area contributed by atoms with Crippen LogP contribution >= 0.6 is 0 Å². The zero-order chi connectivity index (χ0) is 16.0. The lowest BCUT2D eigenvalue weighted by atomic mass is 10.1. The fourth-order valence-corrected chi connectivity index (χ4v) is 3.61. The van der Waals surface area contributed by atoms with Gasteiger partial charge in [-0.25, -0.2) is 13.1 Å². The van der Waals surface area contributed by atoms with E-state index in [1.807, 2.05) is 12.1 Å². The van der Waals surface area contributed by atoms with Crippen LogP contribution in [0.15, 0.2) is 17.0 Å². The first kappa shape index (κ1) is 17.5. The second-order valence-corrected chi connectivity index (χ2v) is 6.68. The van der Waals surface area contributed by atoms with Crippen LogP contribution in [0.3, 0.4) is 0 Å². The van der Waals surface area contributed by atoms with Crippen molar-refractivity contribution in [1.82, 2.24) is 4.72 Å². The number of anilines is 1. The summed E-state index contributed by atoms with van der Waals surface area (Å²) in [6.07, 6.45) is 0.973. The average Bonchev–Trinajstić information content (AvgIpc) is 2.34. The van der Waals surface area contributed by atoms with Crippen molar-refractivity contribution in [3.63, 3.8) is 0 Å². The maximum atomic E-state index is 12.3. The lowest BCUT2D eigenvalue weighted by molar-refractivity contribution is -0.117. The lowest BCUT2D eigenvalue weighted by Crippen LogP contribution is -2.29. The summed E-state index contributed by atoms with van der Waals surface area (Å²) in [5, 5.41) is 3.24. The minimum absolute atomic E-state index is 0.00633. The third kappa shape index (κ3) is 5.02. The molecule has 7 heteroatoms. The molecule has 4 N–H and O–H groups in total. The van der Waals surface area contributed by atoms with Gasteiger partial charge in [0.25, 0.3) is 0 Å². The van der Waals surface area contributed by atoms with Gasteiger partial charge in [-0.1, -0.05) is 6.92 Å². The van der Waals surface area contributed by atoms with Crippen LogP contribution in [0.25, 0.3) is 0 Å². The lowest BCUT2D eigenvalue weighted by Gasteiger charge is -2.14. The van der Waals surface area contributed by atoms with Gasteiger partial charge in [-0.15, -0.1) is 0 Å². The molecule has 0 atom stereocenters. The van der Waals surface area contributed by atoms with E-state index in [0.29, 0.717) is 11.1 Å². The van der Waals surface area contributed by atoms with Gasteiger partial charge in [0.05, 0.1) is 4.90 Å². The Labute approximate surface area is 126 Å². The number of amides is 1. The molecule has 1 aromatic carbocycles. The summed E-state index contributed by atoms with van der Waals surface area (Å²) in [7, 11) is -3.64. The van der Waals surface area contributed by atoms with Gasteiger partial charge < -0.3 is 11.1 Å². The third-order valence-electron chi connectivity index (χ3n) is 2.97. The number of hydrogen-bond donors (Lipinski definition) is 3. The Balaban J connectivity index is 2.98. The number of nitrogens with one attached hydrogen (secondary N) is 2. The molecule has 0 unspecified atom stereocenters. The molecule has 0 saturated heterocycles. The van der Waals surface area contributed by atoms with Gasteiger partial charge in [-0.05, 0) is 43.5 Å². The van der Waals surface area contributed by atoms with Crippen LogP contribution in [0.1, 0.15) is 30.9 Å². The molecule has 0 spiro atoms. The zero-order valence-electron chi connectivity index (χ0n) is 12.7. The first-order valence-electron chi connectivity index (χ1n) is 6.91. The van der Waals surface area contributed by atoms with Gasteiger partial charge in [0.15, 0.2) is 0 Å². The van der Waals surface area contributed by atoms with Crippen LogP contribution in [0, 0.1) is 13.8 Å². The summed E-state index contributed by atoms with van der Waals surface area (Å²) >= 11 is 0. The molecule has 0 saturated carbocycles. The maximum absolute atomic E-state index is 12.3. The van der Waals surface area contributed by atoms with Gasteiger partial charge in [0, 0.05) is 25.2 Å². The van der Waals surface area contributed by atoms with E-state index in [-0.39, 0.29) is 17.9 Å². The van der Waals surface area contributed by atoms with Crippen LogP contribution in [0.5, 0.6) is 0 Å². The van der Waals surface area contributed by atoms with E-state index in [4.69, 9.17) is 5.73 Å². The van der Waals surface area contributed by atoms with Gasteiger partial charge >= 0.3 is 0 Å². The van der Waals surface area contributed by atoms with Crippen molar-refractivity contribution in [3.8, 4) is 0 Å². The SMILES string of the molecule is CCCNc1cc(C)c(S(=O)(=O)NCCC(N)=O)c(C)c1. The van der Waals surface area contributed by atoms with Crippen LogP contribution in [-0.4, -0.2) is 27.4 Å². The normalized spacial score (nSPS) is 11.4. The van der Waals surface area contributed by atoms with Crippen LogP contribution in [0.2, 0.25) is 0 Å². The Morgan fingerprint density at radius 1 is 1.19 bits per heavy atom. The molecule has 0 bridgehead atoms. The fourth-order valence-electron chi connectivity index (χ4n) is 2.13. The highest BCUT2D eigenvalue weighted by Gasteiger charge is 2.19. The number of benzene rings is 1. The monoisotopic (exact) mass is 313 g/mol.